The molecule has 4 rings (SSSR count). The molecule has 2 amide bonds. The fourth-order valence-electron chi connectivity index (χ4n) is 4.61. The number of para-hydroxylation sites is 1. The third kappa shape index (κ3) is 7.70. The van der Waals surface area contributed by atoms with Crippen LogP contribution < -0.4 is 20.3 Å². The van der Waals surface area contributed by atoms with Gasteiger partial charge in [0.1, 0.15) is 5.75 Å². The summed E-state index contributed by atoms with van der Waals surface area (Å²) in [5.74, 6) is 0.957. The fourth-order valence-corrected chi connectivity index (χ4v) is 4.61. The summed E-state index contributed by atoms with van der Waals surface area (Å²) in [6.07, 6.45) is 3.10. The summed E-state index contributed by atoms with van der Waals surface area (Å²) >= 11 is 0. The second kappa shape index (κ2) is 13.3. The number of carbonyl (C=O) groups is 2. The highest BCUT2D eigenvalue weighted by Crippen LogP contribution is 2.29. The minimum absolute atomic E-state index is 0.0984. The Morgan fingerprint density at radius 2 is 1.78 bits per heavy atom. The summed E-state index contributed by atoms with van der Waals surface area (Å²) in [4.78, 5) is 30.4. The van der Waals surface area contributed by atoms with Crippen LogP contribution in [0.1, 0.15) is 36.5 Å². The molecule has 0 unspecified atom stereocenters. The number of anilines is 2. The zero-order valence-electron chi connectivity index (χ0n) is 21.2. The molecule has 2 aliphatic rings. The topological polar surface area (TPSA) is 83.1 Å². The monoisotopic (exact) mass is 494 g/mol. The van der Waals surface area contributed by atoms with Crippen LogP contribution in [0, 0.1) is 5.92 Å². The number of piperidine rings is 1. The van der Waals surface area contributed by atoms with Crippen LogP contribution in [0.5, 0.6) is 5.75 Å². The predicted molar refractivity (Wildman–Crippen MR) is 142 cm³/mol. The molecular weight excluding hydrogens is 456 g/mol. The van der Waals surface area contributed by atoms with Crippen molar-refractivity contribution in [1.82, 2.24) is 10.2 Å². The summed E-state index contributed by atoms with van der Waals surface area (Å²) < 4.78 is 11.0. The van der Waals surface area contributed by atoms with Crippen LogP contribution in [0.3, 0.4) is 0 Å². The van der Waals surface area contributed by atoms with Gasteiger partial charge < -0.3 is 25.0 Å². The van der Waals surface area contributed by atoms with Crippen molar-refractivity contribution in [2.75, 3.05) is 69.3 Å². The number of amides is 2. The highest BCUT2D eigenvalue weighted by atomic mass is 16.5. The molecule has 2 aromatic rings. The van der Waals surface area contributed by atoms with Crippen molar-refractivity contribution in [3.05, 3.63) is 54.1 Å². The van der Waals surface area contributed by atoms with E-state index in [-0.39, 0.29) is 18.4 Å². The van der Waals surface area contributed by atoms with Crippen molar-refractivity contribution in [2.45, 2.75) is 26.2 Å². The Morgan fingerprint density at radius 1 is 1.03 bits per heavy atom. The number of carbonyl (C=O) groups excluding carboxylic acids is 2. The lowest BCUT2D eigenvalue weighted by Crippen LogP contribution is -2.38. The van der Waals surface area contributed by atoms with Crippen LogP contribution >= 0.6 is 0 Å². The van der Waals surface area contributed by atoms with Gasteiger partial charge in [0.05, 0.1) is 18.8 Å². The zero-order valence-corrected chi connectivity index (χ0v) is 21.2. The molecule has 194 valence electrons. The van der Waals surface area contributed by atoms with Crippen LogP contribution in [-0.2, 0) is 9.53 Å². The molecule has 0 atom stereocenters. The van der Waals surface area contributed by atoms with Gasteiger partial charge in [0.2, 0.25) is 0 Å². The van der Waals surface area contributed by atoms with Crippen LogP contribution in [0.4, 0.5) is 11.4 Å². The van der Waals surface area contributed by atoms with Gasteiger partial charge in [0, 0.05) is 44.1 Å². The highest BCUT2D eigenvalue weighted by Gasteiger charge is 2.22. The Balaban J connectivity index is 1.38. The molecule has 2 aliphatic heterocycles. The van der Waals surface area contributed by atoms with E-state index in [9.17, 15) is 9.59 Å². The fraction of sp³-hybridized carbons (Fsp3) is 0.500. The second-order valence-corrected chi connectivity index (χ2v) is 9.61. The first-order chi connectivity index (χ1) is 17.6. The van der Waals surface area contributed by atoms with E-state index >= 15 is 0 Å². The molecule has 2 N–H and O–H groups in total. The summed E-state index contributed by atoms with van der Waals surface area (Å²) in [6, 6.07) is 14.8. The van der Waals surface area contributed by atoms with Gasteiger partial charge >= 0.3 is 0 Å². The molecule has 0 radical (unpaired) electrons. The lowest BCUT2D eigenvalue weighted by atomic mass is 9.97. The van der Waals surface area contributed by atoms with E-state index in [1.54, 1.807) is 6.07 Å². The van der Waals surface area contributed by atoms with Crippen molar-refractivity contribution in [1.29, 1.82) is 0 Å². The number of ether oxygens (including phenoxy) is 2. The van der Waals surface area contributed by atoms with Crippen molar-refractivity contribution in [3.63, 3.8) is 0 Å². The van der Waals surface area contributed by atoms with Gasteiger partial charge in [-0.1, -0.05) is 25.1 Å². The smallest absolute Gasteiger partial charge is 0.262 e. The Hall–Kier alpha value is -3.10. The molecule has 0 saturated carbocycles. The molecule has 2 heterocycles. The maximum atomic E-state index is 13.3. The van der Waals surface area contributed by atoms with Crippen molar-refractivity contribution < 1.29 is 19.1 Å². The first-order valence-corrected chi connectivity index (χ1v) is 13.0. The van der Waals surface area contributed by atoms with Crippen LogP contribution in [0.2, 0.25) is 0 Å². The summed E-state index contributed by atoms with van der Waals surface area (Å²) in [5.41, 5.74) is 2.10. The van der Waals surface area contributed by atoms with Crippen molar-refractivity contribution in [3.8, 4) is 5.75 Å². The van der Waals surface area contributed by atoms with Gasteiger partial charge in [-0.15, -0.1) is 0 Å². The maximum absolute atomic E-state index is 13.3. The van der Waals surface area contributed by atoms with E-state index in [1.807, 2.05) is 42.5 Å². The van der Waals surface area contributed by atoms with E-state index in [0.717, 1.165) is 70.9 Å². The summed E-state index contributed by atoms with van der Waals surface area (Å²) in [5, 5.41) is 5.97. The molecule has 8 nitrogen and oxygen atoms in total. The molecular formula is C28H38N4O4. The average Bonchev–Trinajstić information content (AvgIpc) is 2.91. The number of hydrogen-bond donors (Lipinski definition) is 2. The van der Waals surface area contributed by atoms with E-state index < -0.39 is 0 Å². The van der Waals surface area contributed by atoms with E-state index in [0.29, 0.717) is 29.5 Å². The number of rotatable bonds is 10. The number of nitrogens with one attached hydrogen (secondary N) is 2. The quantitative estimate of drug-likeness (QED) is 0.493. The molecule has 0 aromatic heterocycles. The largest absolute Gasteiger partial charge is 0.484 e. The third-order valence-electron chi connectivity index (χ3n) is 6.80. The van der Waals surface area contributed by atoms with Gasteiger partial charge in [-0.2, -0.15) is 0 Å². The lowest BCUT2D eigenvalue weighted by molar-refractivity contribution is -0.118. The van der Waals surface area contributed by atoms with Crippen LogP contribution in [0.25, 0.3) is 0 Å². The molecule has 0 aliphatic carbocycles. The SMILES string of the molecule is CC1CCN(c2ccc(NC(=O)COc3ccccc3)cc2C(=O)NCCCN2CCOCC2)CC1. The molecule has 0 bridgehead atoms. The number of nitrogens with zero attached hydrogens (tertiary/aromatic N) is 2. The van der Waals surface area contributed by atoms with Crippen molar-refractivity contribution >= 4 is 23.2 Å². The predicted octanol–water partition coefficient (Wildman–Crippen LogP) is 3.39. The second-order valence-electron chi connectivity index (χ2n) is 9.61. The number of hydrogen-bond acceptors (Lipinski definition) is 6. The summed E-state index contributed by atoms with van der Waals surface area (Å²) in [6.45, 7) is 9.02. The minimum atomic E-state index is -0.268. The van der Waals surface area contributed by atoms with Gasteiger partial charge in [-0.3, -0.25) is 14.5 Å². The Kier molecular flexibility index (Phi) is 9.58. The third-order valence-corrected chi connectivity index (χ3v) is 6.80. The summed E-state index contributed by atoms with van der Waals surface area (Å²) in [7, 11) is 0. The van der Waals surface area contributed by atoms with E-state index in [2.05, 4.69) is 27.4 Å². The Bertz CT molecular complexity index is 986. The first-order valence-electron chi connectivity index (χ1n) is 13.0. The lowest BCUT2D eigenvalue weighted by Gasteiger charge is -2.33. The molecule has 2 saturated heterocycles. The zero-order chi connectivity index (χ0) is 25.2. The Morgan fingerprint density at radius 3 is 2.53 bits per heavy atom. The standard InChI is InChI=1S/C28H38N4O4/c1-22-10-14-32(15-11-22)26-9-8-23(30-27(33)21-36-24-6-3-2-4-7-24)20-25(26)28(34)29-12-5-13-31-16-18-35-19-17-31/h2-4,6-9,20,22H,5,10-19,21H2,1H3,(H,29,34)(H,30,33). The number of morpholine rings is 1. The maximum Gasteiger partial charge on any atom is 0.262 e. The van der Waals surface area contributed by atoms with Gasteiger partial charge in [-0.05, 0) is 62.1 Å². The normalized spacial score (nSPS) is 17.0. The Labute approximate surface area is 213 Å². The average molecular weight is 495 g/mol. The minimum Gasteiger partial charge on any atom is -0.484 e. The van der Waals surface area contributed by atoms with Crippen molar-refractivity contribution in [2.24, 2.45) is 5.92 Å². The van der Waals surface area contributed by atoms with E-state index in [1.165, 1.54) is 0 Å². The van der Waals surface area contributed by atoms with Crippen LogP contribution in [0.15, 0.2) is 48.5 Å². The molecule has 2 aromatic carbocycles. The van der Waals surface area contributed by atoms with Gasteiger partial charge in [0.25, 0.3) is 11.8 Å². The first kappa shape index (κ1) is 26.0. The van der Waals surface area contributed by atoms with E-state index in [4.69, 9.17) is 9.47 Å². The molecule has 0 spiro atoms. The highest BCUT2D eigenvalue weighted by molar-refractivity contribution is 6.02. The van der Waals surface area contributed by atoms with Gasteiger partial charge in [-0.25, -0.2) is 0 Å². The molecule has 8 heteroatoms. The molecule has 2 fully saturated rings. The van der Waals surface area contributed by atoms with Gasteiger partial charge in [0.15, 0.2) is 6.61 Å². The van der Waals surface area contributed by atoms with Crippen LogP contribution in [-0.4, -0.2) is 75.8 Å². The number of benzene rings is 2. The molecule has 36 heavy (non-hydrogen) atoms.